The number of amides is 1. The van der Waals surface area contributed by atoms with Crippen LogP contribution in [0.15, 0.2) is 54.6 Å². The van der Waals surface area contributed by atoms with Crippen molar-refractivity contribution in [3.05, 3.63) is 65.9 Å². The molecular weight excluding hydrogens is 368 g/mol. The summed E-state index contributed by atoms with van der Waals surface area (Å²) in [5, 5.41) is 11.1. The second-order valence-electron chi connectivity index (χ2n) is 6.92. The van der Waals surface area contributed by atoms with Crippen LogP contribution in [0.4, 0.5) is 0 Å². The largest absolute Gasteiger partial charge is 0.493 e. The zero-order valence-corrected chi connectivity index (χ0v) is 16.4. The lowest BCUT2D eigenvalue weighted by atomic mass is 9.98. The van der Waals surface area contributed by atoms with Crippen LogP contribution in [0.25, 0.3) is 11.3 Å². The van der Waals surface area contributed by atoms with Crippen molar-refractivity contribution in [2.24, 2.45) is 0 Å². The highest BCUT2D eigenvalue weighted by molar-refractivity contribution is 5.98. The number of carbonyl (C=O) groups is 1. The lowest BCUT2D eigenvalue weighted by Crippen LogP contribution is -2.39. The first-order valence-electron chi connectivity index (χ1n) is 9.77. The van der Waals surface area contributed by atoms with E-state index in [-0.39, 0.29) is 11.9 Å². The molecule has 0 spiro atoms. The monoisotopic (exact) mass is 392 g/mol. The van der Waals surface area contributed by atoms with E-state index in [4.69, 9.17) is 9.47 Å². The number of rotatable bonds is 7. The van der Waals surface area contributed by atoms with E-state index in [0.29, 0.717) is 31.1 Å². The molecule has 2 heterocycles. The Balaban J connectivity index is 1.68. The average molecular weight is 392 g/mol. The van der Waals surface area contributed by atoms with Crippen molar-refractivity contribution in [2.75, 3.05) is 26.9 Å². The number of fused-ring (bicyclic) bond motifs is 1. The lowest BCUT2D eigenvalue weighted by molar-refractivity contribution is 0.0591. The molecule has 1 amide bonds. The second kappa shape index (κ2) is 8.87. The molecule has 0 fully saturated rings. The maximum absolute atomic E-state index is 13.6. The molecule has 0 saturated heterocycles. The first-order chi connectivity index (χ1) is 14.3. The Morgan fingerprint density at radius 1 is 1.17 bits per heavy atom. The van der Waals surface area contributed by atoms with Crippen molar-refractivity contribution in [1.29, 1.82) is 0 Å². The molecule has 1 unspecified atom stereocenters. The molecule has 1 atom stereocenters. The Morgan fingerprint density at radius 3 is 2.79 bits per heavy atom. The van der Waals surface area contributed by atoms with Gasteiger partial charge in [-0.1, -0.05) is 48.5 Å². The fourth-order valence-electron chi connectivity index (χ4n) is 3.74. The van der Waals surface area contributed by atoms with Crippen molar-refractivity contribution < 1.29 is 14.3 Å². The minimum atomic E-state index is -0.143. The summed E-state index contributed by atoms with van der Waals surface area (Å²) >= 11 is 0. The summed E-state index contributed by atoms with van der Waals surface area (Å²) in [6, 6.07) is 17.4. The quantitative estimate of drug-likeness (QED) is 0.623. The van der Waals surface area contributed by atoms with Crippen molar-refractivity contribution in [3.8, 4) is 17.0 Å². The first kappa shape index (κ1) is 19.1. The van der Waals surface area contributed by atoms with Gasteiger partial charge in [0.1, 0.15) is 11.4 Å². The minimum absolute atomic E-state index is 0.0790. The van der Waals surface area contributed by atoms with Gasteiger partial charge in [0, 0.05) is 37.8 Å². The Labute approximate surface area is 169 Å². The fraction of sp³-hybridized carbons (Fsp3) is 0.318. The number of benzene rings is 2. The van der Waals surface area contributed by atoms with Crippen LogP contribution in [-0.4, -0.2) is 53.1 Å². The van der Waals surface area contributed by atoms with Crippen LogP contribution in [0.3, 0.4) is 0 Å². The van der Waals surface area contributed by atoms with Gasteiger partial charge in [0.2, 0.25) is 0 Å². The number of hydrogen-bond acceptors (Lipinski definition) is 5. The Hall–Kier alpha value is -3.19. The summed E-state index contributed by atoms with van der Waals surface area (Å²) in [5.41, 5.74) is 2.77. The van der Waals surface area contributed by atoms with Crippen LogP contribution in [-0.2, 0) is 4.74 Å². The fourth-order valence-corrected chi connectivity index (χ4v) is 3.74. The summed E-state index contributed by atoms with van der Waals surface area (Å²) in [6.45, 7) is 1.71. The molecule has 150 valence electrons. The average Bonchev–Trinajstić information content (AvgIpc) is 3.27. The number of aromatic nitrogens is 3. The summed E-state index contributed by atoms with van der Waals surface area (Å²) in [7, 11) is 1.67. The normalized spacial score (nSPS) is 15.4. The predicted octanol–water partition coefficient (Wildman–Crippen LogP) is 3.47. The third-order valence-corrected chi connectivity index (χ3v) is 5.11. The van der Waals surface area contributed by atoms with E-state index in [1.807, 2.05) is 59.5 Å². The van der Waals surface area contributed by atoms with E-state index in [2.05, 4.69) is 15.4 Å². The standard InChI is InChI=1S/C22H24N4O3/c1-28-14-7-13-26(18-12-15-29-19-11-6-5-10-17(18)19)22(27)21-20(23-25-24-21)16-8-3-2-4-9-16/h2-6,8-11,18H,7,12-15H2,1H3,(H,23,24,25). The van der Waals surface area contributed by atoms with Crippen molar-refractivity contribution >= 4 is 5.91 Å². The van der Waals surface area contributed by atoms with Gasteiger partial charge < -0.3 is 14.4 Å². The van der Waals surface area contributed by atoms with Crippen LogP contribution in [0, 0.1) is 0 Å². The van der Waals surface area contributed by atoms with Gasteiger partial charge in [-0.25, -0.2) is 0 Å². The third kappa shape index (κ3) is 4.00. The van der Waals surface area contributed by atoms with Gasteiger partial charge in [0.15, 0.2) is 5.69 Å². The van der Waals surface area contributed by atoms with Crippen LogP contribution in [0.1, 0.15) is 34.9 Å². The molecule has 4 rings (SSSR count). The number of carbonyl (C=O) groups excluding carboxylic acids is 1. The smallest absolute Gasteiger partial charge is 0.277 e. The zero-order chi connectivity index (χ0) is 20.1. The summed E-state index contributed by atoms with van der Waals surface area (Å²) < 4.78 is 11.0. The molecule has 0 radical (unpaired) electrons. The van der Waals surface area contributed by atoms with E-state index in [1.54, 1.807) is 7.11 Å². The van der Waals surface area contributed by atoms with Crippen LogP contribution >= 0.6 is 0 Å². The second-order valence-corrected chi connectivity index (χ2v) is 6.92. The molecule has 29 heavy (non-hydrogen) atoms. The number of H-pyrrole nitrogens is 1. The van der Waals surface area contributed by atoms with Crippen molar-refractivity contribution in [2.45, 2.75) is 18.9 Å². The summed E-state index contributed by atoms with van der Waals surface area (Å²) in [5.74, 6) is 0.687. The molecule has 1 aromatic heterocycles. The highest BCUT2D eigenvalue weighted by atomic mass is 16.5. The highest BCUT2D eigenvalue weighted by Crippen LogP contribution is 2.37. The van der Waals surface area contributed by atoms with Gasteiger partial charge in [0.25, 0.3) is 5.91 Å². The molecular formula is C22H24N4O3. The van der Waals surface area contributed by atoms with E-state index in [0.717, 1.165) is 29.7 Å². The molecule has 1 aliphatic heterocycles. The van der Waals surface area contributed by atoms with Gasteiger partial charge in [-0.3, -0.25) is 4.79 Å². The Kier molecular flexibility index (Phi) is 5.86. The van der Waals surface area contributed by atoms with Gasteiger partial charge in [-0.2, -0.15) is 15.4 Å². The maximum atomic E-state index is 13.6. The molecule has 1 N–H and O–H groups in total. The Bertz CT molecular complexity index is 957. The van der Waals surface area contributed by atoms with Crippen LogP contribution in [0.5, 0.6) is 5.75 Å². The van der Waals surface area contributed by atoms with Crippen molar-refractivity contribution in [3.63, 3.8) is 0 Å². The van der Waals surface area contributed by atoms with E-state index < -0.39 is 0 Å². The molecule has 7 heteroatoms. The van der Waals surface area contributed by atoms with E-state index in [9.17, 15) is 4.79 Å². The highest BCUT2D eigenvalue weighted by Gasteiger charge is 2.33. The number of ether oxygens (including phenoxy) is 2. The number of aromatic amines is 1. The van der Waals surface area contributed by atoms with Gasteiger partial charge in [-0.05, 0) is 12.5 Å². The molecule has 3 aromatic rings. The van der Waals surface area contributed by atoms with Crippen LogP contribution < -0.4 is 4.74 Å². The topological polar surface area (TPSA) is 80.3 Å². The summed E-state index contributed by atoms with van der Waals surface area (Å²) in [4.78, 5) is 15.5. The van der Waals surface area contributed by atoms with Crippen LogP contribution in [0.2, 0.25) is 0 Å². The molecule has 0 bridgehead atoms. The summed E-state index contributed by atoms with van der Waals surface area (Å²) in [6.07, 6.45) is 1.47. The molecule has 7 nitrogen and oxygen atoms in total. The SMILES string of the molecule is COCCCN(C(=O)c1n[nH]nc1-c1ccccc1)C1CCOc2ccccc21. The van der Waals surface area contributed by atoms with Gasteiger partial charge in [-0.15, -0.1) is 0 Å². The number of nitrogens with zero attached hydrogens (tertiary/aromatic N) is 3. The van der Waals surface area contributed by atoms with Gasteiger partial charge in [0.05, 0.1) is 12.6 Å². The lowest BCUT2D eigenvalue weighted by Gasteiger charge is -2.35. The molecule has 1 aliphatic rings. The number of para-hydroxylation sites is 1. The number of methoxy groups -OCH3 is 1. The van der Waals surface area contributed by atoms with E-state index in [1.165, 1.54) is 0 Å². The molecule has 0 saturated carbocycles. The number of nitrogens with one attached hydrogen (secondary N) is 1. The zero-order valence-electron chi connectivity index (χ0n) is 16.4. The first-order valence-corrected chi connectivity index (χ1v) is 9.77. The minimum Gasteiger partial charge on any atom is -0.493 e. The predicted molar refractivity (Wildman–Crippen MR) is 109 cm³/mol. The van der Waals surface area contributed by atoms with E-state index >= 15 is 0 Å². The molecule has 2 aromatic carbocycles. The number of hydrogen-bond donors (Lipinski definition) is 1. The Morgan fingerprint density at radius 2 is 1.97 bits per heavy atom. The third-order valence-electron chi connectivity index (χ3n) is 5.11. The maximum Gasteiger partial charge on any atom is 0.277 e. The molecule has 0 aliphatic carbocycles. The van der Waals surface area contributed by atoms with Gasteiger partial charge >= 0.3 is 0 Å². The van der Waals surface area contributed by atoms with Crippen molar-refractivity contribution in [1.82, 2.24) is 20.3 Å².